The zero-order valence-electron chi connectivity index (χ0n) is 11.8. The average Bonchev–Trinajstić information content (AvgIpc) is 2.91. The molecule has 1 unspecified atom stereocenters. The lowest BCUT2D eigenvalue weighted by molar-refractivity contribution is -0.277. The molecule has 0 spiro atoms. The molecule has 0 radical (unpaired) electrons. The Balaban J connectivity index is 1.88. The molecule has 112 valence electrons. The Morgan fingerprint density at radius 1 is 1.33 bits per heavy atom. The highest BCUT2D eigenvalue weighted by molar-refractivity contribution is 6.30. The van der Waals surface area contributed by atoms with Gasteiger partial charge in [-0.1, -0.05) is 19.0 Å². The third kappa shape index (κ3) is 2.35. The zero-order chi connectivity index (χ0) is 15.1. The van der Waals surface area contributed by atoms with Crippen LogP contribution in [0, 0.1) is 0 Å². The monoisotopic (exact) mass is 294 g/mol. The number of carbonyl (C=O) groups is 2. The molecular weight excluding hydrogens is 280 g/mol. The first kappa shape index (κ1) is 13.6. The quantitative estimate of drug-likeness (QED) is 0.554. The molecule has 21 heavy (non-hydrogen) atoms. The minimum absolute atomic E-state index is 0.120. The maximum atomic E-state index is 11.3. The molecule has 3 heterocycles. The number of hydrogen-bond donors (Lipinski definition) is 0. The van der Waals surface area contributed by atoms with Crippen molar-refractivity contribution in [3.8, 4) is 0 Å². The summed E-state index contributed by atoms with van der Waals surface area (Å²) in [4.78, 5) is 33.3. The van der Waals surface area contributed by atoms with Crippen LogP contribution in [-0.2, 0) is 19.2 Å². The second-order valence-electron chi connectivity index (χ2n) is 5.15. The van der Waals surface area contributed by atoms with E-state index in [9.17, 15) is 9.59 Å². The van der Waals surface area contributed by atoms with Gasteiger partial charge in [-0.25, -0.2) is 14.5 Å². The molecule has 1 aromatic heterocycles. The number of nitrogens with zero attached hydrogens (tertiary/aromatic N) is 4. The molecule has 1 atom stereocenters. The van der Waals surface area contributed by atoms with E-state index >= 15 is 0 Å². The van der Waals surface area contributed by atoms with Gasteiger partial charge in [0, 0.05) is 18.0 Å². The first-order valence-corrected chi connectivity index (χ1v) is 6.42. The lowest BCUT2D eigenvalue weighted by Crippen LogP contribution is -2.56. The third-order valence-corrected chi connectivity index (χ3v) is 3.09. The summed E-state index contributed by atoms with van der Waals surface area (Å²) in [5.41, 5.74) is 0.690. The largest absolute Gasteiger partial charge is 0.441 e. The summed E-state index contributed by atoms with van der Waals surface area (Å²) in [6.07, 6.45) is 0.750. The van der Waals surface area contributed by atoms with Gasteiger partial charge in [-0.15, -0.1) is 0 Å². The summed E-state index contributed by atoms with van der Waals surface area (Å²) in [6, 6.07) is 0. The lowest BCUT2D eigenvalue weighted by Gasteiger charge is -2.40. The van der Waals surface area contributed by atoms with Gasteiger partial charge in [0.1, 0.15) is 0 Å². The van der Waals surface area contributed by atoms with Crippen LogP contribution in [0.4, 0.5) is 0 Å². The highest BCUT2D eigenvalue weighted by atomic mass is 16.8. The molecule has 2 aliphatic rings. The normalized spacial score (nSPS) is 22.8. The summed E-state index contributed by atoms with van der Waals surface area (Å²) >= 11 is 0. The summed E-state index contributed by atoms with van der Waals surface area (Å²) in [5.74, 6) is -1.01. The van der Waals surface area contributed by atoms with Crippen molar-refractivity contribution < 1.29 is 23.7 Å². The topological polar surface area (TPSA) is 98.0 Å². The fourth-order valence-corrected chi connectivity index (χ4v) is 2.02. The van der Waals surface area contributed by atoms with E-state index in [1.54, 1.807) is 11.9 Å². The summed E-state index contributed by atoms with van der Waals surface area (Å²) in [6.45, 7) is 4.31. The van der Waals surface area contributed by atoms with Gasteiger partial charge < -0.3 is 14.1 Å². The predicted molar refractivity (Wildman–Crippen MR) is 66.8 cm³/mol. The molecule has 0 saturated carbocycles. The molecule has 9 heteroatoms. The van der Waals surface area contributed by atoms with E-state index in [0.29, 0.717) is 23.8 Å². The van der Waals surface area contributed by atoms with E-state index in [2.05, 4.69) is 10.1 Å². The van der Waals surface area contributed by atoms with Crippen molar-refractivity contribution in [1.29, 1.82) is 0 Å². The van der Waals surface area contributed by atoms with E-state index < -0.39 is 18.3 Å². The molecule has 9 nitrogen and oxygen atoms in total. The van der Waals surface area contributed by atoms with Crippen LogP contribution in [-0.4, -0.2) is 52.0 Å². The molecule has 0 aromatic carbocycles. The van der Waals surface area contributed by atoms with Crippen molar-refractivity contribution in [2.24, 2.45) is 0 Å². The van der Waals surface area contributed by atoms with E-state index in [-0.39, 0.29) is 5.92 Å². The number of fused-ring (bicyclic) bond motifs is 1. The van der Waals surface area contributed by atoms with Crippen LogP contribution in [0.2, 0.25) is 0 Å². The van der Waals surface area contributed by atoms with Gasteiger partial charge >= 0.3 is 11.9 Å². The number of hydroxylamine groups is 2. The minimum Gasteiger partial charge on any atom is -0.416 e. The van der Waals surface area contributed by atoms with Crippen LogP contribution in [0.3, 0.4) is 0 Å². The van der Waals surface area contributed by atoms with E-state index in [1.165, 1.54) is 6.20 Å². The Morgan fingerprint density at radius 3 is 2.76 bits per heavy atom. The minimum atomic E-state index is -1.06. The Bertz CT molecular complexity index is 623. The number of carbonyl (C=O) groups excluding carboxylic acids is 2. The molecule has 1 aromatic rings. The average molecular weight is 294 g/mol. The highest BCUT2D eigenvalue weighted by Crippen LogP contribution is 2.26. The van der Waals surface area contributed by atoms with Crippen molar-refractivity contribution in [2.75, 3.05) is 13.6 Å². The van der Waals surface area contributed by atoms with Crippen molar-refractivity contribution >= 4 is 17.5 Å². The summed E-state index contributed by atoms with van der Waals surface area (Å²) < 4.78 is 10.1. The smallest absolute Gasteiger partial charge is 0.416 e. The fraction of sp³-hybridized carbons (Fsp3) is 0.500. The lowest BCUT2D eigenvalue weighted by atomic mass is 10.2. The molecule has 0 amide bonds. The molecule has 1 fully saturated rings. The number of rotatable bonds is 2. The van der Waals surface area contributed by atoms with Crippen LogP contribution in [0.15, 0.2) is 10.7 Å². The first-order valence-electron chi connectivity index (χ1n) is 6.42. The molecule has 3 rings (SSSR count). The number of likely N-dealkylation sites (N-methyl/N-ethyl adjacent to an activating group) is 1. The van der Waals surface area contributed by atoms with Gasteiger partial charge in [0.15, 0.2) is 0 Å². The Labute approximate surface area is 120 Å². The third-order valence-electron chi connectivity index (χ3n) is 3.09. The molecule has 0 bridgehead atoms. The van der Waals surface area contributed by atoms with Crippen molar-refractivity contribution in [1.82, 2.24) is 20.1 Å². The Hall–Kier alpha value is -2.42. The summed E-state index contributed by atoms with van der Waals surface area (Å²) in [7, 11) is 1.72. The van der Waals surface area contributed by atoms with E-state index in [0.717, 1.165) is 5.06 Å². The number of ether oxygens (including phenoxy) is 1. The summed E-state index contributed by atoms with van der Waals surface area (Å²) in [5, 5.41) is 5.07. The standard InChI is InChI=1S/C12H14N4O5/c1-6(2)9-13-8(14-20-9)7-4-15(3)12-16(5-7)21-11(18)10(17)19-12/h5-6,12H,4H2,1-3H3. The Morgan fingerprint density at radius 2 is 2.10 bits per heavy atom. The van der Waals surface area contributed by atoms with Crippen LogP contribution in [0.1, 0.15) is 31.5 Å². The zero-order valence-corrected chi connectivity index (χ0v) is 11.8. The van der Waals surface area contributed by atoms with E-state index in [4.69, 9.17) is 14.1 Å². The molecule has 1 saturated heterocycles. The van der Waals surface area contributed by atoms with Crippen LogP contribution < -0.4 is 0 Å². The van der Waals surface area contributed by atoms with Gasteiger partial charge in [-0.05, 0) is 7.05 Å². The van der Waals surface area contributed by atoms with Crippen molar-refractivity contribution in [2.45, 2.75) is 26.1 Å². The van der Waals surface area contributed by atoms with Gasteiger partial charge in [-0.2, -0.15) is 10.0 Å². The van der Waals surface area contributed by atoms with E-state index in [1.807, 2.05) is 13.8 Å². The SMILES string of the molecule is CC(C)c1nc(C2=CN3OC(=O)C(=O)OC3N(C)C2)no1. The van der Waals surface area contributed by atoms with Crippen LogP contribution >= 0.6 is 0 Å². The maximum absolute atomic E-state index is 11.3. The number of hydrogen-bond acceptors (Lipinski definition) is 9. The van der Waals surface area contributed by atoms with Gasteiger partial charge in [-0.3, -0.25) is 0 Å². The first-order chi connectivity index (χ1) is 9.95. The van der Waals surface area contributed by atoms with Gasteiger partial charge in [0.2, 0.25) is 11.7 Å². The number of esters is 1. The van der Waals surface area contributed by atoms with Crippen LogP contribution in [0.25, 0.3) is 5.57 Å². The van der Waals surface area contributed by atoms with Crippen molar-refractivity contribution in [3.63, 3.8) is 0 Å². The Kier molecular flexibility index (Phi) is 3.13. The second kappa shape index (κ2) is 4.85. The van der Waals surface area contributed by atoms with Gasteiger partial charge in [0.25, 0.3) is 6.35 Å². The molecule has 0 N–H and O–H groups in total. The highest BCUT2D eigenvalue weighted by Gasteiger charge is 2.41. The maximum Gasteiger partial charge on any atom is 0.441 e. The molecular formula is C12H14N4O5. The predicted octanol–water partition coefficient (Wildman–Crippen LogP) is 0.0799. The van der Waals surface area contributed by atoms with Gasteiger partial charge in [0.05, 0.1) is 6.20 Å². The fourth-order valence-electron chi connectivity index (χ4n) is 2.02. The van der Waals surface area contributed by atoms with Crippen molar-refractivity contribution in [3.05, 3.63) is 17.9 Å². The molecule has 2 aliphatic heterocycles. The van der Waals surface area contributed by atoms with Crippen LogP contribution in [0.5, 0.6) is 0 Å². The second-order valence-corrected chi connectivity index (χ2v) is 5.15. The molecule has 0 aliphatic carbocycles. The number of aromatic nitrogens is 2.